The van der Waals surface area contributed by atoms with Crippen LogP contribution in [0.4, 0.5) is 30.7 Å². The number of nitrogens with zero attached hydrogens (tertiary/aromatic N) is 15. The van der Waals surface area contributed by atoms with E-state index in [2.05, 4.69) is 83.1 Å². The molecular weight excluding hydrogens is 1890 g/mol. The number of ether oxygens (including phenoxy) is 8. The summed E-state index contributed by atoms with van der Waals surface area (Å²) < 4.78 is 147. The van der Waals surface area contributed by atoms with Crippen molar-refractivity contribution in [2.75, 3.05) is 58.0 Å². The molecule has 54 heteroatoms. The molecule has 4 aromatic heterocycles. The molecule has 4 aromatic rings. The van der Waals surface area contributed by atoms with E-state index >= 15 is 8.78 Å². The van der Waals surface area contributed by atoms with Gasteiger partial charge in [0.2, 0.25) is 5.60 Å². The fourth-order valence-electron chi connectivity index (χ4n) is 16.1. The highest BCUT2D eigenvalue weighted by Gasteiger charge is 2.66. The number of aryl methyl sites for hydroxylation is 2. The maximum absolute atomic E-state index is 15.3. The first-order valence-corrected chi connectivity index (χ1v) is 44.4. The highest BCUT2D eigenvalue weighted by Crippen LogP contribution is 2.52. The molecule has 138 heavy (non-hydrogen) atoms. The second-order valence-corrected chi connectivity index (χ2v) is 34.8. The Morgan fingerprint density at radius 2 is 0.920 bits per heavy atom. The first-order chi connectivity index (χ1) is 65.2. The van der Waals surface area contributed by atoms with Gasteiger partial charge in [-0.15, -0.1) is 23.2 Å². The Labute approximate surface area is 793 Å². The summed E-state index contributed by atoms with van der Waals surface area (Å²) in [5.74, 6) is 0.0660. The number of carbonyl (C=O) groups is 2. The molecule has 7 fully saturated rings. The van der Waals surface area contributed by atoms with Gasteiger partial charge in [-0.25, -0.2) is 70.6 Å². The summed E-state index contributed by atoms with van der Waals surface area (Å²) in [4.78, 5) is 89.8. The van der Waals surface area contributed by atoms with E-state index in [4.69, 9.17) is 95.0 Å². The van der Waals surface area contributed by atoms with Gasteiger partial charge in [-0.3, -0.25) is 28.3 Å². The molecule has 23 N–H and O–H groups in total. The van der Waals surface area contributed by atoms with Gasteiger partial charge in [0.05, 0.1) is 70.7 Å². The number of aromatic nitrogens is 8. The third-order valence-corrected chi connectivity index (χ3v) is 25.4. The number of halogens is 9. The van der Waals surface area contributed by atoms with Crippen LogP contribution in [0, 0.1) is 37.0 Å². The quantitative estimate of drug-likeness (QED) is 0.0158. The number of hydrogen-bond acceptors (Lipinski definition) is 41. The topological polar surface area (TPSA) is 674 Å². The zero-order chi connectivity index (χ0) is 102. The predicted molar refractivity (Wildman–Crippen MR) is 478 cm³/mol. The van der Waals surface area contributed by atoms with Gasteiger partial charge in [0.15, 0.2) is 115 Å². The van der Waals surface area contributed by atoms with Crippen molar-refractivity contribution in [2.24, 2.45) is 60.5 Å². The van der Waals surface area contributed by atoms with Gasteiger partial charge < -0.3 is 152 Å². The molecule has 1 aliphatic carbocycles. The fraction of sp³-hybridized carbons (Fsp3) is 0.607. The summed E-state index contributed by atoms with van der Waals surface area (Å²) in [6, 6.07) is 0.643. The van der Waals surface area contributed by atoms with E-state index in [1.54, 1.807) is 33.8 Å². The van der Waals surface area contributed by atoms with E-state index in [1.165, 1.54) is 79.6 Å². The van der Waals surface area contributed by atoms with E-state index in [0.717, 1.165) is 56.3 Å². The number of imidazole rings is 2. The lowest BCUT2D eigenvalue weighted by Crippen LogP contribution is -2.52. The molecular formula is C84H115Cl2F7N22O23. The molecule has 6 saturated heterocycles. The average molecular weight is 2000 g/mol. The maximum atomic E-state index is 15.3. The molecule has 15 rings (SSSR count). The number of fused-ring (bicyclic) bond motifs is 2. The number of esters is 2. The van der Waals surface area contributed by atoms with E-state index in [0.29, 0.717) is 18.1 Å². The van der Waals surface area contributed by atoms with Crippen molar-refractivity contribution in [3.8, 4) is 6.07 Å². The average Bonchev–Trinajstić information content (AvgIpc) is 1.58. The number of nitrogens with one attached hydrogen (secondary N) is 2. The van der Waals surface area contributed by atoms with Crippen molar-refractivity contribution in [1.82, 2.24) is 58.6 Å². The molecule has 11 aliphatic rings. The van der Waals surface area contributed by atoms with Crippen molar-refractivity contribution >= 4 is 80.8 Å². The van der Waals surface area contributed by atoms with Crippen LogP contribution >= 0.6 is 23.2 Å². The Morgan fingerprint density at radius 1 is 0.536 bits per heavy atom. The van der Waals surface area contributed by atoms with Crippen LogP contribution < -0.4 is 39.8 Å². The molecule has 25 atom stereocenters. The molecule has 14 heterocycles. The zero-order valence-corrected chi connectivity index (χ0v) is 77.2. The first-order valence-electron chi connectivity index (χ1n) is 43.3. The number of aromatic amines is 2. The lowest BCUT2D eigenvalue weighted by Gasteiger charge is -2.33. The normalized spacial score (nSPS) is 33.3. The monoisotopic (exact) mass is 2000 g/mol. The molecule has 762 valence electrons. The Bertz CT molecular complexity index is 5380. The lowest BCUT2D eigenvalue weighted by molar-refractivity contribution is -0.168. The summed E-state index contributed by atoms with van der Waals surface area (Å²) in [7, 11) is 0. The smallest absolute Gasteiger partial charge is 0.323 e. The second-order valence-electron chi connectivity index (χ2n) is 34.2. The lowest BCUT2D eigenvalue weighted by atomic mass is 9.91. The van der Waals surface area contributed by atoms with Gasteiger partial charge in [0, 0.05) is 31.2 Å². The van der Waals surface area contributed by atoms with Crippen molar-refractivity contribution in [3.05, 3.63) is 144 Å². The highest BCUT2D eigenvalue weighted by atomic mass is 35.5. The molecule has 45 nitrogen and oxygen atoms in total. The number of aliphatic imine (C=N–C) groups is 4. The molecule has 0 bridgehead atoms. The number of nitriles is 1. The molecule has 0 amide bonds. The van der Waals surface area contributed by atoms with Gasteiger partial charge in [-0.1, -0.05) is 72.8 Å². The number of rotatable bonds is 27. The number of aliphatic hydroxyl groups excluding tert-OH is 11. The van der Waals surface area contributed by atoms with Gasteiger partial charge >= 0.3 is 11.9 Å². The Kier molecular flexibility index (Phi) is 36.0. The minimum atomic E-state index is -2.07. The number of hydrogen-bond donors (Lipinski definition) is 18. The minimum Gasteiger partial charge on any atom is -0.456 e. The van der Waals surface area contributed by atoms with Crippen LogP contribution in [0.2, 0.25) is 0 Å². The first kappa shape index (κ1) is 110. The molecule has 0 radical (unpaired) electrons. The Hall–Kier alpha value is -10.5. The van der Waals surface area contributed by atoms with Crippen LogP contribution in [0.3, 0.4) is 0 Å². The predicted octanol–water partition coefficient (Wildman–Crippen LogP) is -0.297. The fourth-order valence-corrected chi connectivity index (χ4v) is 16.7. The summed E-state index contributed by atoms with van der Waals surface area (Å²) in [5.41, 5.74) is 16.8. The largest absolute Gasteiger partial charge is 0.456 e. The summed E-state index contributed by atoms with van der Waals surface area (Å²) in [6.07, 6.45) is -9.43. The van der Waals surface area contributed by atoms with E-state index < -0.39 is 226 Å². The maximum Gasteiger partial charge on any atom is 0.323 e. The molecule has 10 aliphatic heterocycles. The number of nitrogens with two attached hydrogens (primary N) is 5. The summed E-state index contributed by atoms with van der Waals surface area (Å²) in [5, 5.41) is 115. The van der Waals surface area contributed by atoms with E-state index in [9.17, 15) is 97.3 Å². The third kappa shape index (κ3) is 22.0. The number of alkyl halides is 9. The summed E-state index contributed by atoms with van der Waals surface area (Å²) in [6.45, 7) is 19.6. The van der Waals surface area contributed by atoms with Crippen LogP contribution in [0.5, 0.6) is 0 Å². The minimum absolute atomic E-state index is 0.00128. The van der Waals surface area contributed by atoms with Crippen LogP contribution in [-0.4, -0.2) is 352 Å². The number of amidine groups is 4. The van der Waals surface area contributed by atoms with E-state index in [1.807, 2.05) is 0 Å². The number of unbranched alkanes of at least 4 members (excludes halogenated alkanes) is 4. The zero-order valence-electron chi connectivity index (χ0n) is 75.6. The van der Waals surface area contributed by atoms with Gasteiger partial charge in [0.25, 0.3) is 11.1 Å². The van der Waals surface area contributed by atoms with Crippen LogP contribution in [0.25, 0.3) is 22.3 Å². The molecule has 1 saturated carbocycles. The molecule has 0 spiro atoms. The number of H-pyrrole nitrogens is 2. The molecule has 0 aromatic carbocycles. The second kappa shape index (κ2) is 45.4. The van der Waals surface area contributed by atoms with Crippen LogP contribution in [0.1, 0.15) is 103 Å². The van der Waals surface area contributed by atoms with Crippen molar-refractivity contribution in [3.63, 3.8) is 0 Å². The SMILES string of the molecule is C=C1N=C(N)C=CN1[C@@H]1O[C@@](CO)(C(C)F)[C@@H](O)[C@H]1F.C=C1N=C(N)C=CN1[C@@H]1O[C@@](CO)(C2CC2)[C@@H](O)[C@H]1F.C=C1N=C(N)C=CN1[C@@H]1O[C@@](CO)(CCl)[C@@H](OC(=O)C(N)C(C)C)[C@H]1F.C=C1N=C(N)C=CN1[C@@H]1O[C@@](CO)(CCl)[C@@H](OC(=O)CCCCCCC)[C@H]1F.Cc1nc2c(ncn2[C@@H]2OC(CO)(CO)[C@@H](O)[C@H]2F)c(=O)[nH]1.Cc1nc2c(ncn2[C@@H]2O[C@](C#N)(CO)[C@@H](O)[C@H]2F)c(=O)[nH]1. The van der Waals surface area contributed by atoms with Crippen molar-refractivity contribution < 1.29 is 134 Å². The third-order valence-electron chi connectivity index (χ3n) is 24.5. The number of aliphatic hydroxyl groups is 11. The van der Waals surface area contributed by atoms with E-state index in [-0.39, 0.29) is 99.0 Å². The standard InChI is InChI=1S/C19H29ClFN3O4.C16H24ClFN4O4.C13H18FN3O3.C12H17F2N3O3.C12H12FN5O4.C12H15FN4O5/c1-3-4-5-6-7-8-15(26)27-17-16(21)18(28-19(17,11-20)12-25)24-10-9-14(22)23-13(24)2;1-8(2)12(20)15(24)25-13-11(18)14(26-16(13,6-17)7-23)22-5-4-10(19)21-9(22)3;1-7-16-9(15)4-5-17(7)12-10(14)11(19)13(6-18,20-12)8-2-3-8;1-6(13)12(5-18)10(19)9(14)11(20-12)17-4-3-8(15)16-7(17)2;1-5-16-9-7(10(21)17-5)15-4-18(9)11-6(13)8(20)12(2-14,3-19)22-11;1-5-15-9-7(10(21)16-5)14-4-17(9)11-6(13)8(20)12(2-18,3-19)22-11/h9-10,16-18,25H,2-8,11-12H2,1H3,(H2,22,23);4-5,8,11-14,23H,3,6-7,20H2,1-2H3,(H2,19,21);4-5,8,10-12,18-19H,1-3,6H2,(H2,15,16);3-4,6,9-11,18-19H,2,5H2,1H3,(H2,15,16);4,6,8,11,19-20H,3H2,1H3,(H,16,17,21);4,6,8,11,18-20H,2-3H2,1H3,(H,15,16,21)/t16-,17+,18-,19-;11-,12?,13+,14-,16-;10-,11+,12-,13+;6?,9-,10+,11-,12+;6-,8+,11-,12-;6-,8+,11-/m111111/s1. The van der Waals surface area contributed by atoms with Gasteiger partial charge in [0.1, 0.15) is 123 Å². The van der Waals surface area contributed by atoms with Gasteiger partial charge in [-0.05, 0) is 76.2 Å². The molecule has 2 unspecified atom stereocenters. The highest BCUT2D eigenvalue weighted by molar-refractivity contribution is 6.19. The van der Waals surface area contributed by atoms with Crippen LogP contribution in [-0.2, 0) is 47.5 Å². The van der Waals surface area contributed by atoms with Gasteiger partial charge in [-0.2, -0.15) is 5.26 Å². The van der Waals surface area contributed by atoms with Crippen molar-refractivity contribution in [1.29, 1.82) is 5.26 Å². The van der Waals surface area contributed by atoms with Crippen molar-refractivity contribution in [2.45, 2.75) is 250 Å². The Balaban J connectivity index is 0.000000171. The van der Waals surface area contributed by atoms with Crippen LogP contribution in [0.15, 0.2) is 141 Å². The number of carbonyl (C=O) groups excluding carboxylic acids is 2. The Morgan fingerprint density at radius 3 is 1.27 bits per heavy atom. The summed E-state index contributed by atoms with van der Waals surface area (Å²) >= 11 is 11.9.